The predicted molar refractivity (Wildman–Crippen MR) is 113 cm³/mol. The summed E-state index contributed by atoms with van der Waals surface area (Å²) in [5.41, 5.74) is 5.65. The number of nitrogens with one attached hydrogen (secondary N) is 2. The number of hydrazone groups is 1. The van der Waals surface area contributed by atoms with Crippen LogP contribution in [0.1, 0.15) is 39.6 Å². The standard InChI is InChI=1S/C23H21N3O3/c1-2-21(16-10-14-20(27)15-11-16)25-26-23(29)18-8-12-19(13-9-18)24-22(28)17-6-4-3-5-7-17/h3-15,27H,2H2,1H3,(H,24,28)(H,26,29)/b25-21+. The van der Waals surface area contributed by atoms with Crippen LogP contribution < -0.4 is 10.7 Å². The number of hydrogen-bond acceptors (Lipinski definition) is 4. The number of amides is 2. The summed E-state index contributed by atoms with van der Waals surface area (Å²) in [5, 5.41) is 16.4. The van der Waals surface area contributed by atoms with Crippen molar-refractivity contribution in [1.29, 1.82) is 0 Å². The van der Waals surface area contributed by atoms with E-state index in [1.165, 1.54) is 0 Å². The van der Waals surface area contributed by atoms with Gasteiger partial charge in [0.05, 0.1) is 5.71 Å². The average molecular weight is 387 g/mol. The molecule has 3 aromatic carbocycles. The third kappa shape index (κ3) is 5.29. The van der Waals surface area contributed by atoms with Crippen LogP contribution in [0.4, 0.5) is 5.69 Å². The Morgan fingerprint density at radius 1 is 0.793 bits per heavy atom. The van der Waals surface area contributed by atoms with Crippen LogP contribution in [0.2, 0.25) is 0 Å². The Morgan fingerprint density at radius 3 is 2.00 bits per heavy atom. The summed E-state index contributed by atoms with van der Waals surface area (Å²) in [6, 6.07) is 22.1. The van der Waals surface area contributed by atoms with Crippen LogP contribution in [0.15, 0.2) is 84.0 Å². The van der Waals surface area contributed by atoms with Crippen LogP contribution in [-0.2, 0) is 0 Å². The Bertz CT molecular complexity index is 1010. The summed E-state index contributed by atoms with van der Waals surface area (Å²) in [7, 11) is 0. The second kappa shape index (κ2) is 9.32. The molecule has 0 bridgehead atoms. The minimum atomic E-state index is -0.351. The molecular weight excluding hydrogens is 366 g/mol. The van der Waals surface area contributed by atoms with Crippen molar-refractivity contribution in [2.24, 2.45) is 5.10 Å². The lowest BCUT2D eigenvalue weighted by atomic mass is 10.1. The fourth-order valence-electron chi connectivity index (χ4n) is 2.68. The number of carbonyl (C=O) groups excluding carboxylic acids is 2. The molecular formula is C23H21N3O3. The molecule has 0 heterocycles. The summed E-state index contributed by atoms with van der Waals surface area (Å²) in [6.45, 7) is 1.93. The zero-order valence-corrected chi connectivity index (χ0v) is 15.9. The number of hydrogen-bond donors (Lipinski definition) is 3. The lowest BCUT2D eigenvalue weighted by molar-refractivity contribution is 0.0954. The Hall–Kier alpha value is -3.93. The third-order valence-electron chi connectivity index (χ3n) is 4.27. The molecule has 0 radical (unpaired) electrons. The van der Waals surface area contributed by atoms with Gasteiger partial charge in [0.1, 0.15) is 5.75 Å². The van der Waals surface area contributed by atoms with E-state index in [9.17, 15) is 14.7 Å². The van der Waals surface area contributed by atoms with E-state index in [4.69, 9.17) is 0 Å². The van der Waals surface area contributed by atoms with Crippen LogP contribution in [0, 0.1) is 0 Å². The summed E-state index contributed by atoms with van der Waals surface area (Å²) in [4.78, 5) is 24.5. The number of aromatic hydroxyl groups is 1. The summed E-state index contributed by atoms with van der Waals surface area (Å²) < 4.78 is 0. The SMILES string of the molecule is CC/C(=N\NC(=O)c1ccc(NC(=O)c2ccccc2)cc1)c1ccc(O)cc1. The highest BCUT2D eigenvalue weighted by Gasteiger charge is 2.08. The number of phenolic OH excluding ortho intramolecular Hbond substituents is 1. The van der Waals surface area contributed by atoms with Gasteiger partial charge in [0.25, 0.3) is 11.8 Å². The van der Waals surface area contributed by atoms with E-state index in [-0.39, 0.29) is 17.6 Å². The largest absolute Gasteiger partial charge is 0.508 e. The molecule has 3 aromatic rings. The van der Waals surface area contributed by atoms with Gasteiger partial charge in [-0.3, -0.25) is 9.59 Å². The smallest absolute Gasteiger partial charge is 0.271 e. The van der Waals surface area contributed by atoms with E-state index in [0.29, 0.717) is 28.9 Å². The summed E-state index contributed by atoms with van der Waals surface area (Å²) in [5.74, 6) is -0.391. The van der Waals surface area contributed by atoms with Crippen molar-refractivity contribution in [2.45, 2.75) is 13.3 Å². The van der Waals surface area contributed by atoms with Crippen LogP contribution in [-0.4, -0.2) is 22.6 Å². The summed E-state index contributed by atoms with van der Waals surface area (Å²) >= 11 is 0. The van der Waals surface area contributed by atoms with Crippen molar-refractivity contribution in [1.82, 2.24) is 5.43 Å². The van der Waals surface area contributed by atoms with Crippen LogP contribution in [0.25, 0.3) is 0 Å². The first-order chi connectivity index (χ1) is 14.1. The highest BCUT2D eigenvalue weighted by Crippen LogP contribution is 2.13. The first-order valence-corrected chi connectivity index (χ1v) is 9.19. The molecule has 146 valence electrons. The maximum Gasteiger partial charge on any atom is 0.271 e. The Morgan fingerprint density at radius 2 is 1.38 bits per heavy atom. The van der Waals surface area contributed by atoms with Gasteiger partial charge in [-0.05, 0) is 72.6 Å². The number of anilines is 1. The molecule has 0 aliphatic carbocycles. The van der Waals surface area contributed by atoms with E-state index in [0.717, 1.165) is 5.56 Å². The number of carbonyl (C=O) groups is 2. The van der Waals surface area contributed by atoms with Crippen molar-refractivity contribution in [3.63, 3.8) is 0 Å². The van der Waals surface area contributed by atoms with E-state index in [1.54, 1.807) is 72.8 Å². The Labute approximate surface area is 168 Å². The monoisotopic (exact) mass is 387 g/mol. The second-order valence-electron chi connectivity index (χ2n) is 6.30. The molecule has 6 heteroatoms. The van der Waals surface area contributed by atoms with Crippen molar-refractivity contribution < 1.29 is 14.7 Å². The average Bonchev–Trinajstić information content (AvgIpc) is 2.76. The van der Waals surface area contributed by atoms with Crippen molar-refractivity contribution in [3.05, 3.63) is 95.6 Å². The molecule has 0 saturated heterocycles. The molecule has 0 saturated carbocycles. The van der Waals surface area contributed by atoms with Crippen molar-refractivity contribution in [3.8, 4) is 5.75 Å². The minimum Gasteiger partial charge on any atom is -0.508 e. The summed E-state index contributed by atoms with van der Waals surface area (Å²) in [6.07, 6.45) is 0.621. The molecule has 0 aliphatic rings. The zero-order chi connectivity index (χ0) is 20.6. The van der Waals surface area contributed by atoms with Crippen LogP contribution in [0.5, 0.6) is 5.75 Å². The third-order valence-corrected chi connectivity index (χ3v) is 4.27. The molecule has 0 fully saturated rings. The molecule has 0 spiro atoms. The lowest BCUT2D eigenvalue weighted by Gasteiger charge is -2.07. The van der Waals surface area contributed by atoms with Crippen LogP contribution >= 0.6 is 0 Å². The van der Waals surface area contributed by atoms with Crippen molar-refractivity contribution >= 4 is 23.2 Å². The van der Waals surface area contributed by atoms with Gasteiger partial charge in [-0.1, -0.05) is 25.1 Å². The fraction of sp³-hybridized carbons (Fsp3) is 0.0870. The molecule has 3 N–H and O–H groups in total. The molecule has 0 atom stereocenters. The minimum absolute atomic E-state index is 0.174. The molecule has 0 aliphatic heterocycles. The molecule has 29 heavy (non-hydrogen) atoms. The normalized spacial score (nSPS) is 11.0. The van der Waals surface area contributed by atoms with Gasteiger partial charge in [0, 0.05) is 16.8 Å². The first kappa shape index (κ1) is 19.8. The van der Waals surface area contributed by atoms with E-state index < -0.39 is 0 Å². The zero-order valence-electron chi connectivity index (χ0n) is 15.9. The number of nitrogens with zero attached hydrogens (tertiary/aromatic N) is 1. The van der Waals surface area contributed by atoms with E-state index in [2.05, 4.69) is 15.8 Å². The van der Waals surface area contributed by atoms with Crippen molar-refractivity contribution in [2.75, 3.05) is 5.32 Å². The van der Waals surface area contributed by atoms with E-state index >= 15 is 0 Å². The van der Waals surface area contributed by atoms with Gasteiger partial charge in [-0.2, -0.15) is 5.10 Å². The molecule has 0 unspecified atom stereocenters. The number of phenols is 1. The molecule has 0 aromatic heterocycles. The Balaban J connectivity index is 1.64. The van der Waals surface area contributed by atoms with Gasteiger partial charge in [0.15, 0.2) is 0 Å². The number of benzene rings is 3. The van der Waals surface area contributed by atoms with Gasteiger partial charge < -0.3 is 10.4 Å². The highest BCUT2D eigenvalue weighted by molar-refractivity contribution is 6.05. The van der Waals surface area contributed by atoms with Gasteiger partial charge in [-0.25, -0.2) is 5.43 Å². The molecule has 6 nitrogen and oxygen atoms in total. The lowest BCUT2D eigenvalue weighted by Crippen LogP contribution is -2.20. The predicted octanol–water partition coefficient (Wildman–Crippen LogP) is 4.19. The fourth-order valence-corrected chi connectivity index (χ4v) is 2.68. The van der Waals surface area contributed by atoms with Gasteiger partial charge in [0.2, 0.25) is 0 Å². The first-order valence-electron chi connectivity index (χ1n) is 9.19. The Kier molecular flexibility index (Phi) is 6.37. The molecule has 3 rings (SSSR count). The highest BCUT2D eigenvalue weighted by atomic mass is 16.3. The van der Waals surface area contributed by atoms with E-state index in [1.807, 2.05) is 13.0 Å². The quantitative estimate of drug-likeness (QED) is 0.438. The molecule has 2 amide bonds. The second-order valence-corrected chi connectivity index (χ2v) is 6.30. The van der Waals surface area contributed by atoms with Gasteiger partial charge >= 0.3 is 0 Å². The topological polar surface area (TPSA) is 90.8 Å². The maximum absolute atomic E-state index is 12.4. The number of rotatable bonds is 6. The maximum atomic E-state index is 12.4. The van der Waals surface area contributed by atoms with Gasteiger partial charge in [-0.15, -0.1) is 0 Å². The van der Waals surface area contributed by atoms with Crippen LogP contribution in [0.3, 0.4) is 0 Å².